The van der Waals surface area contributed by atoms with Crippen molar-refractivity contribution in [1.29, 1.82) is 0 Å². The fourth-order valence-corrected chi connectivity index (χ4v) is 3.88. The zero-order chi connectivity index (χ0) is 16.5. The van der Waals surface area contributed by atoms with Crippen molar-refractivity contribution < 1.29 is 8.42 Å². The molecule has 1 N–H and O–H groups in total. The third-order valence-electron chi connectivity index (χ3n) is 3.50. The van der Waals surface area contributed by atoms with Gasteiger partial charge in [0.2, 0.25) is 0 Å². The van der Waals surface area contributed by atoms with Gasteiger partial charge in [-0.05, 0) is 48.1 Å². The van der Waals surface area contributed by atoms with E-state index in [-0.39, 0.29) is 5.41 Å². The van der Waals surface area contributed by atoms with Gasteiger partial charge < -0.3 is 0 Å². The Kier molecular flexibility index (Phi) is 4.29. The third kappa shape index (κ3) is 3.47. The summed E-state index contributed by atoms with van der Waals surface area (Å²) in [6.45, 7) is 10.00. The van der Waals surface area contributed by atoms with Crippen molar-refractivity contribution in [3.8, 4) is 0 Å². The predicted octanol–water partition coefficient (Wildman–Crippen LogP) is 3.80. The molecule has 1 heterocycles. The molecule has 2 rings (SSSR count). The molecular formula is C17H22N2O2S. The number of nitrogens with one attached hydrogen (secondary N) is 1. The molecule has 0 aliphatic rings. The summed E-state index contributed by atoms with van der Waals surface area (Å²) in [4.78, 5) is 4.34. The van der Waals surface area contributed by atoms with Crippen LogP contribution in [0.3, 0.4) is 0 Å². The summed E-state index contributed by atoms with van der Waals surface area (Å²) in [7, 11) is -3.65. The first-order valence-corrected chi connectivity index (χ1v) is 8.65. The van der Waals surface area contributed by atoms with E-state index in [2.05, 4.69) is 30.5 Å². The van der Waals surface area contributed by atoms with Gasteiger partial charge in [-0.1, -0.05) is 39.0 Å². The van der Waals surface area contributed by atoms with Crippen LogP contribution in [0.5, 0.6) is 0 Å². The summed E-state index contributed by atoms with van der Waals surface area (Å²) in [5.41, 5.74) is 2.59. The van der Waals surface area contributed by atoms with Crippen LogP contribution in [0.1, 0.15) is 37.5 Å². The molecule has 0 radical (unpaired) electrons. The number of aryl methyl sites for hydroxylation is 2. The minimum absolute atomic E-state index is 0.0216. The number of aromatic nitrogens is 1. The summed E-state index contributed by atoms with van der Waals surface area (Å²) >= 11 is 0. The Morgan fingerprint density at radius 1 is 1.05 bits per heavy atom. The van der Waals surface area contributed by atoms with Crippen LogP contribution in [0.2, 0.25) is 0 Å². The van der Waals surface area contributed by atoms with Crippen LogP contribution in [-0.4, -0.2) is 13.4 Å². The van der Waals surface area contributed by atoms with E-state index in [1.807, 2.05) is 26.0 Å². The molecule has 118 valence electrons. The van der Waals surface area contributed by atoms with Crippen molar-refractivity contribution in [2.24, 2.45) is 0 Å². The first-order valence-electron chi connectivity index (χ1n) is 7.17. The summed E-state index contributed by atoms with van der Waals surface area (Å²) in [5, 5.41) is 0. The molecule has 2 aromatic rings. The topological polar surface area (TPSA) is 59.1 Å². The van der Waals surface area contributed by atoms with E-state index < -0.39 is 10.0 Å². The molecule has 1 aromatic heterocycles. The highest BCUT2D eigenvalue weighted by atomic mass is 32.2. The smallest absolute Gasteiger partial charge is 0.263 e. The Morgan fingerprint density at radius 2 is 1.64 bits per heavy atom. The maximum Gasteiger partial charge on any atom is 0.263 e. The number of hydrogen-bond donors (Lipinski definition) is 1. The maximum atomic E-state index is 12.7. The minimum atomic E-state index is -3.65. The average molecular weight is 318 g/mol. The molecule has 4 nitrogen and oxygen atoms in total. The Morgan fingerprint density at radius 3 is 2.09 bits per heavy atom. The van der Waals surface area contributed by atoms with Crippen LogP contribution in [0.4, 0.5) is 5.82 Å². The Hall–Kier alpha value is -1.88. The summed E-state index contributed by atoms with van der Waals surface area (Å²) in [5.74, 6) is 0.321. The van der Waals surface area contributed by atoms with E-state index in [0.717, 1.165) is 16.7 Å². The second-order valence-electron chi connectivity index (χ2n) is 6.51. The predicted molar refractivity (Wildman–Crippen MR) is 89.7 cm³/mol. The van der Waals surface area contributed by atoms with Gasteiger partial charge in [0.25, 0.3) is 10.0 Å². The highest BCUT2D eigenvalue weighted by Gasteiger charge is 2.23. The van der Waals surface area contributed by atoms with E-state index in [0.29, 0.717) is 10.7 Å². The SMILES string of the molecule is Cc1cc(C(C)(C)C)cc(C)c1S(=O)(=O)Nc1ccccn1. The van der Waals surface area contributed by atoms with Crippen LogP contribution in [0, 0.1) is 13.8 Å². The number of nitrogens with zero attached hydrogens (tertiary/aromatic N) is 1. The van der Waals surface area contributed by atoms with Crippen molar-refractivity contribution in [2.45, 2.75) is 44.9 Å². The largest absolute Gasteiger partial charge is 0.263 e. The maximum absolute atomic E-state index is 12.7. The van der Waals surface area contributed by atoms with Crippen LogP contribution < -0.4 is 4.72 Å². The van der Waals surface area contributed by atoms with Crippen molar-refractivity contribution in [3.05, 3.63) is 53.2 Å². The van der Waals surface area contributed by atoms with Gasteiger partial charge in [0.1, 0.15) is 5.82 Å². The average Bonchev–Trinajstić information content (AvgIpc) is 2.36. The molecule has 0 aliphatic carbocycles. The molecule has 0 saturated carbocycles. The molecule has 0 saturated heterocycles. The summed E-state index contributed by atoms with van der Waals surface area (Å²) < 4.78 is 27.8. The molecule has 0 unspecified atom stereocenters. The molecule has 0 aliphatic heterocycles. The van der Waals surface area contributed by atoms with Gasteiger partial charge in [0.05, 0.1) is 4.90 Å². The molecule has 0 fully saturated rings. The number of benzene rings is 1. The van der Waals surface area contributed by atoms with E-state index in [9.17, 15) is 8.42 Å². The van der Waals surface area contributed by atoms with Gasteiger partial charge in [-0.2, -0.15) is 0 Å². The van der Waals surface area contributed by atoms with Gasteiger partial charge in [-0.3, -0.25) is 4.72 Å². The molecule has 5 heteroatoms. The van der Waals surface area contributed by atoms with Crippen molar-refractivity contribution in [2.75, 3.05) is 4.72 Å². The van der Waals surface area contributed by atoms with Crippen molar-refractivity contribution in [3.63, 3.8) is 0 Å². The number of rotatable bonds is 3. The first kappa shape index (κ1) is 16.5. The highest BCUT2D eigenvalue weighted by molar-refractivity contribution is 7.92. The minimum Gasteiger partial charge on any atom is -0.263 e. The van der Waals surface area contributed by atoms with Crippen LogP contribution in [-0.2, 0) is 15.4 Å². The van der Waals surface area contributed by atoms with Crippen LogP contribution >= 0.6 is 0 Å². The molecule has 0 bridgehead atoms. The quantitative estimate of drug-likeness (QED) is 0.936. The summed E-state index contributed by atoms with van der Waals surface area (Å²) in [6.07, 6.45) is 1.56. The van der Waals surface area contributed by atoms with Crippen LogP contribution in [0.15, 0.2) is 41.4 Å². The molecule has 0 spiro atoms. The molecule has 1 aromatic carbocycles. The molecule has 0 amide bonds. The zero-order valence-corrected chi connectivity index (χ0v) is 14.5. The van der Waals surface area contributed by atoms with Crippen molar-refractivity contribution in [1.82, 2.24) is 4.98 Å². The number of pyridine rings is 1. The Balaban J connectivity index is 2.48. The Labute approximate surface area is 132 Å². The lowest BCUT2D eigenvalue weighted by atomic mass is 9.85. The standard InChI is InChI=1S/C17H22N2O2S/c1-12-10-14(17(3,4)5)11-13(2)16(12)22(20,21)19-15-8-6-7-9-18-15/h6-11H,1-5H3,(H,18,19). The fraction of sp³-hybridized carbons (Fsp3) is 0.353. The third-order valence-corrected chi connectivity index (χ3v) is 5.16. The lowest BCUT2D eigenvalue weighted by Gasteiger charge is -2.22. The lowest BCUT2D eigenvalue weighted by molar-refractivity contribution is 0.585. The first-order chi connectivity index (χ1) is 10.1. The van der Waals surface area contributed by atoms with Gasteiger partial charge in [0.15, 0.2) is 0 Å². The van der Waals surface area contributed by atoms with Gasteiger partial charge in [-0.25, -0.2) is 13.4 Å². The Bertz CT molecular complexity index is 753. The van der Waals surface area contributed by atoms with Gasteiger partial charge in [-0.15, -0.1) is 0 Å². The zero-order valence-electron chi connectivity index (χ0n) is 13.6. The molecule has 22 heavy (non-hydrogen) atoms. The van der Waals surface area contributed by atoms with E-state index in [4.69, 9.17) is 0 Å². The van der Waals surface area contributed by atoms with E-state index in [1.54, 1.807) is 24.4 Å². The molecular weight excluding hydrogens is 296 g/mol. The van der Waals surface area contributed by atoms with E-state index in [1.165, 1.54) is 0 Å². The van der Waals surface area contributed by atoms with Crippen LogP contribution in [0.25, 0.3) is 0 Å². The van der Waals surface area contributed by atoms with Crippen molar-refractivity contribution >= 4 is 15.8 Å². The number of hydrogen-bond acceptors (Lipinski definition) is 3. The number of sulfonamides is 1. The molecule has 0 atom stereocenters. The number of anilines is 1. The second kappa shape index (κ2) is 5.72. The lowest BCUT2D eigenvalue weighted by Crippen LogP contribution is -2.18. The fourth-order valence-electron chi connectivity index (χ4n) is 2.42. The van der Waals surface area contributed by atoms with E-state index >= 15 is 0 Å². The van der Waals surface area contributed by atoms with Gasteiger partial charge in [0, 0.05) is 6.20 Å². The summed E-state index contributed by atoms with van der Waals surface area (Å²) in [6, 6.07) is 9.01. The second-order valence-corrected chi connectivity index (χ2v) is 8.13. The normalized spacial score (nSPS) is 12.2. The van der Waals surface area contributed by atoms with Gasteiger partial charge >= 0.3 is 0 Å². The monoisotopic (exact) mass is 318 g/mol. The highest BCUT2D eigenvalue weighted by Crippen LogP contribution is 2.29.